The third-order valence-electron chi connectivity index (χ3n) is 6.61. The zero-order chi connectivity index (χ0) is 30.3. The number of esters is 2. The summed E-state index contributed by atoms with van der Waals surface area (Å²) in [5, 5.41) is 13.0. The topological polar surface area (TPSA) is 131 Å². The van der Waals surface area contributed by atoms with Crippen LogP contribution in [0.3, 0.4) is 0 Å². The van der Waals surface area contributed by atoms with E-state index in [9.17, 15) is 24.3 Å². The lowest BCUT2D eigenvalue weighted by molar-refractivity contribution is -0.155. The second-order valence-corrected chi connectivity index (χ2v) is 9.97. The molecule has 1 aromatic carbocycles. The fourth-order valence-corrected chi connectivity index (χ4v) is 4.37. The van der Waals surface area contributed by atoms with Crippen molar-refractivity contribution in [1.82, 2.24) is 10.2 Å². The number of rotatable bonds is 22. The average Bonchev–Trinajstić information content (AvgIpc) is 2.96. The van der Waals surface area contributed by atoms with Crippen LogP contribution in [0.25, 0.3) is 0 Å². The summed E-state index contributed by atoms with van der Waals surface area (Å²) in [6, 6.07) is 8.34. The summed E-state index contributed by atoms with van der Waals surface area (Å²) in [6.07, 6.45) is 6.10. The summed E-state index contributed by atoms with van der Waals surface area (Å²) < 4.78 is 15.5. The molecule has 0 heterocycles. The first kappa shape index (κ1) is 35.9. The maximum Gasteiger partial charge on any atom is 0.407 e. The third-order valence-corrected chi connectivity index (χ3v) is 6.61. The summed E-state index contributed by atoms with van der Waals surface area (Å²) >= 11 is 0. The Hall–Kier alpha value is -3.14. The summed E-state index contributed by atoms with van der Waals surface area (Å²) in [5.74, 6) is -1.19. The van der Waals surface area contributed by atoms with Gasteiger partial charge in [0.25, 0.3) is 0 Å². The predicted octanol–water partition coefficient (Wildman–Crippen LogP) is 4.91. The van der Waals surface area contributed by atoms with Crippen LogP contribution in [-0.2, 0) is 35.2 Å². The number of unbranched alkanes of at least 4 members (excludes halogenated alkanes) is 5. The number of alkyl carbamates (subject to hydrolysis) is 1. The first-order valence-electron chi connectivity index (χ1n) is 15.1. The lowest BCUT2D eigenvalue weighted by atomic mass is 10.0. The molecule has 0 aliphatic rings. The van der Waals surface area contributed by atoms with Crippen LogP contribution >= 0.6 is 0 Å². The van der Waals surface area contributed by atoms with Crippen molar-refractivity contribution in [2.75, 3.05) is 26.3 Å². The zero-order valence-electron chi connectivity index (χ0n) is 25.1. The molecule has 10 nitrogen and oxygen atoms in total. The molecule has 0 saturated heterocycles. The second-order valence-electron chi connectivity index (χ2n) is 9.97. The second kappa shape index (κ2) is 22.5. The van der Waals surface area contributed by atoms with Crippen LogP contribution in [0.5, 0.6) is 0 Å². The Bertz CT molecular complexity index is 880. The number of benzene rings is 1. The molecule has 0 spiro atoms. The lowest BCUT2D eigenvalue weighted by Crippen LogP contribution is -2.50. The van der Waals surface area contributed by atoms with Gasteiger partial charge in [0.05, 0.1) is 19.3 Å². The van der Waals surface area contributed by atoms with E-state index in [2.05, 4.69) is 12.2 Å². The van der Waals surface area contributed by atoms with E-state index < -0.39 is 30.1 Å². The van der Waals surface area contributed by atoms with Gasteiger partial charge in [0, 0.05) is 13.0 Å². The van der Waals surface area contributed by atoms with E-state index in [-0.39, 0.29) is 32.3 Å². The number of amides is 2. The number of hydrogen-bond donors (Lipinski definition) is 2. The summed E-state index contributed by atoms with van der Waals surface area (Å²) in [7, 11) is 0. The van der Waals surface area contributed by atoms with Crippen LogP contribution in [0, 0.1) is 0 Å². The van der Waals surface area contributed by atoms with Gasteiger partial charge in [-0.2, -0.15) is 0 Å². The van der Waals surface area contributed by atoms with Crippen molar-refractivity contribution in [2.24, 2.45) is 0 Å². The van der Waals surface area contributed by atoms with E-state index in [1.54, 1.807) is 13.8 Å². The van der Waals surface area contributed by atoms with Gasteiger partial charge in [-0.25, -0.2) is 9.59 Å². The van der Waals surface area contributed by atoms with Crippen molar-refractivity contribution in [3.05, 3.63) is 35.9 Å². The third kappa shape index (κ3) is 16.7. The van der Waals surface area contributed by atoms with Crippen molar-refractivity contribution in [2.45, 2.75) is 110 Å². The first-order valence-corrected chi connectivity index (χ1v) is 15.1. The van der Waals surface area contributed by atoms with E-state index in [4.69, 9.17) is 14.2 Å². The highest BCUT2D eigenvalue weighted by Crippen LogP contribution is 2.17. The Balaban J connectivity index is 2.81. The van der Waals surface area contributed by atoms with Crippen LogP contribution in [0.2, 0.25) is 0 Å². The van der Waals surface area contributed by atoms with Gasteiger partial charge >= 0.3 is 18.0 Å². The molecule has 0 saturated carbocycles. The van der Waals surface area contributed by atoms with Crippen LogP contribution in [0.1, 0.15) is 97.0 Å². The van der Waals surface area contributed by atoms with E-state index in [0.29, 0.717) is 45.1 Å². The molecule has 0 aliphatic carbocycles. The Morgan fingerprint density at radius 2 is 1.51 bits per heavy atom. The van der Waals surface area contributed by atoms with Gasteiger partial charge in [0.15, 0.2) is 0 Å². The molecule has 232 valence electrons. The van der Waals surface area contributed by atoms with E-state index >= 15 is 0 Å². The molecule has 2 unspecified atom stereocenters. The van der Waals surface area contributed by atoms with Crippen LogP contribution in [0.4, 0.5) is 4.79 Å². The SMILES string of the molecule is CCCCCC(O)CCN(C(=O)CNC(=O)OCc1ccccc1)C(CCCCCCC(=O)OCC)C(=O)OCC. The standard InChI is InChI=1S/C31H50N2O8/c1-4-7-11-18-26(34)21-22-33(28(35)23-32-31(38)41-24-25-16-12-10-13-17-25)27(30(37)40-6-3)19-14-8-9-15-20-29(36)39-5-2/h10,12-13,16-17,26-27,34H,4-9,11,14-15,18-24H2,1-3H3,(H,32,38). The minimum atomic E-state index is -0.850. The van der Waals surface area contributed by atoms with Gasteiger partial charge < -0.3 is 29.5 Å². The first-order chi connectivity index (χ1) is 19.8. The molecule has 0 aliphatic heterocycles. The molecule has 2 amide bonds. The molecule has 10 heteroatoms. The van der Waals surface area contributed by atoms with Crippen molar-refractivity contribution < 1.29 is 38.5 Å². The average molecular weight is 579 g/mol. The Labute approximate surface area is 245 Å². The fourth-order valence-electron chi connectivity index (χ4n) is 4.37. The van der Waals surface area contributed by atoms with Crippen molar-refractivity contribution in [1.29, 1.82) is 0 Å². The molecule has 2 atom stereocenters. The molecule has 0 bridgehead atoms. The summed E-state index contributed by atoms with van der Waals surface area (Å²) in [6.45, 7) is 5.96. The Kier molecular flexibility index (Phi) is 19.7. The van der Waals surface area contributed by atoms with Gasteiger partial charge in [0.2, 0.25) is 5.91 Å². The minimum Gasteiger partial charge on any atom is -0.466 e. The number of nitrogens with zero attached hydrogens (tertiary/aromatic N) is 1. The quantitative estimate of drug-likeness (QED) is 0.113. The number of carbonyl (C=O) groups excluding carboxylic acids is 4. The van der Waals surface area contributed by atoms with Crippen molar-refractivity contribution >= 4 is 23.9 Å². The summed E-state index contributed by atoms with van der Waals surface area (Å²) in [4.78, 5) is 51.5. The molecule has 41 heavy (non-hydrogen) atoms. The Morgan fingerprint density at radius 3 is 2.20 bits per heavy atom. The van der Waals surface area contributed by atoms with Gasteiger partial charge in [-0.3, -0.25) is 9.59 Å². The van der Waals surface area contributed by atoms with Gasteiger partial charge in [-0.15, -0.1) is 0 Å². The van der Waals surface area contributed by atoms with E-state index in [1.165, 1.54) is 4.90 Å². The number of aliphatic hydroxyl groups is 1. The van der Waals surface area contributed by atoms with Crippen molar-refractivity contribution in [3.8, 4) is 0 Å². The van der Waals surface area contributed by atoms with Crippen LogP contribution in [0.15, 0.2) is 30.3 Å². The number of ether oxygens (including phenoxy) is 3. The molecule has 2 N–H and O–H groups in total. The highest BCUT2D eigenvalue weighted by molar-refractivity contribution is 5.87. The molecule has 0 aromatic heterocycles. The fraction of sp³-hybridized carbons (Fsp3) is 0.677. The predicted molar refractivity (Wildman–Crippen MR) is 156 cm³/mol. The molecule has 1 aromatic rings. The minimum absolute atomic E-state index is 0.0656. The number of carbonyl (C=O) groups is 4. The summed E-state index contributed by atoms with van der Waals surface area (Å²) in [5.41, 5.74) is 0.817. The number of aliphatic hydroxyl groups excluding tert-OH is 1. The molecule has 0 fully saturated rings. The Morgan fingerprint density at radius 1 is 0.829 bits per heavy atom. The maximum atomic E-state index is 13.3. The molecular formula is C31H50N2O8. The largest absolute Gasteiger partial charge is 0.466 e. The van der Waals surface area contributed by atoms with Gasteiger partial charge in [-0.1, -0.05) is 75.8 Å². The highest BCUT2D eigenvalue weighted by atomic mass is 16.5. The van der Waals surface area contributed by atoms with Gasteiger partial charge in [0.1, 0.15) is 19.2 Å². The van der Waals surface area contributed by atoms with E-state index in [1.807, 2.05) is 30.3 Å². The van der Waals surface area contributed by atoms with Crippen molar-refractivity contribution in [3.63, 3.8) is 0 Å². The monoisotopic (exact) mass is 578 g/mol. The van der Waals surface area contributed by atoms with Crippen LogP contribution < -0.4 is 5.32 Å². The lowest BCUT2D eigenvalue weighted by Gasteiger charge is -2.31. The molecule has 1 rings (SSSR count). The smallest absolute Gasteiger partial charge is 0.407 e. The van der Waals surface area contributed by atoms with Crippen LogP contribution in [-0.4, -0.2) is 72.4 Å². The molecular weight excluding hydrogens is 528 g/mol. The molecule has 0 radical (unpaired) electrons. The number of nitrogens with one attached hydrogen (secondary N) is 1. The zero-order valence-corrected chi connectivity index (χ0v) is 25.1. The number of hydrogen-bond acceptors (Lipinski definition) is 8. The van der Waals surface area contributed by atoms with E-state index in [0.717, 1.165) is 37.7 Å². The highest BCUT2D eigenvalue weighted by Gasteiger charge is 2.31. The maximum absolute atomic E-state index is 13.3. The normalized spacial score (nSPS) is 12.2. The van der Waals surface area contributed by atoms with Gasteiger partial charge in [-0.05, 0) is 45.1 Å².